The van der Waals surface area contributed by atoms with Crippen molar-refractivity contribution < 1.29 is 19.1 Å². The zero-order chi connectivity index (χ0) is 21.5. The molecule has 0 aromatic heterocycles. The molecular formula is C25H24N2O4. The molecule has 6 heteroatoms. The van der Waals surface area contributed by atoms with E-state index in [2.05, 4.69) is 5.32 Å². The number of carbonyl (C=O) groups excluding carboxylic acids is 2. The average Bonchev–Trinajstić information content (AvgIpc) is 2.80. The van der Waals surface area contributed by atoms with Crippen molar-refractivity contribution in [3.05, 3.63) is 84.4 Å². The summed E-state index contributed by atoms with van der Waals surface area (Å²) < 4.78 is 11.1. The molecule has 0 radical (unpaired) electrons. The third-order valence-electron chi connectivity index (χ3n) is 4.99. The predicted octanol–water partition coefficient (Wildman–Crippen LogP) is 4.06. The maximum absolute atomic E-state index is 12.5. The van der Waals surface area contributed by atoms with Crippen LogP contribution in [-0.2, 0) is 16.0 Å². The van der Waals surface area contributed by atoms with Crippen molar-refractivity contribution in [2.75, 3.05) is 30.0 Å². The smallest absolute Gasteiger partial charge is 0.265 e. The van der Waals surface area contributed by atoms with Crippen molar-refractivity contribution in [3.63, 3.8) is 0 Å². The third-order valence-corrected chi connectivity index (χ3v) is 4.99. The van der Waals surface area contributed by atoms with Gasteiger partial charge in [-0.05, 0) is 42.3 Å². The number of fused-ring (bicyclic) bond motifs is 1. The highest BCUT2D eigenvalue weighted by molar-refractivity contribution is 5.99. The van der Waals surface area contributed by atoms with E-state index in [-0.39, 0.29) is 31.4 Å². The molecule has 0 saturated carbocycles. The summed E-state index contributed by atoms with van der Waals surface area (Å²) in [4.78, 5) is 26.5. The van der Waals surface area contributed by atoms with Crippen LogP contribution in [0.15, 0.2) is 78.9 Å². The van der Waals surface area contributed by atoms with Gasteiger partial charge in [-0.1, -0.05) is 48.5 Å². The number of carbonyl (C=O) groups is 2. The van der Waals surface area contributed by atoms with Gasteiger partial charge in [0.25, 0.3) is 5.91 Å². The minimum absolute atomic E-state index is 0.0182. The van der Waals surface area contributed by atoms with Crippen molar-refractivity contribution in [1.29, 1.82) is 0 Å². The molecule has 1 N–H and O–H groups in total. The highest BCUT2D eigenvalue weighted by atomic mass is 16.5. The summed E-state index contributed by atoms with van der Waals surface area (Å²) in [5, 5.41) is 2.88. The Morgan fingerprint density at radius 2 is 1.74 bits per heavy atom. The van der Waals surface area contributed by atoms with Crippen LogP contribution >= 0.6 is 0 Å². The predicted molar refractivity (Wildman–Crippen MR) is 120 cm³/mol. The maximum atomic E-state index is 12.5. The molecule has 4 rings (SSSR count). The highest BCUT2D eigenvalue weighted by Gasteiger charge is 2.25. The fraction of sp³-hybridized carbons (Fsp3) is 0.200. The average molecular weight is 416 g/mol. The Kier molecular flexibility index (Phi) is 6.47. The molecule has 31 heavy (non-hydrogen) atoms. The third kappa shape index (κ3) is 5.42. The van der Waals surface area contributed by atoms with Crippen LogP contribution in [0.2, 0.25) is 0 Å². The van der Waals surface area contributed by atoms with E-state index in [1.165, 1.54) is 0 Å². The topological polar surface area (TPSA) is 67.9 Å². The quantitative estimate of drug-likeness (QED) is 0.601. The van der Waals surface area contributed by atoms with Crippen molar-refractivity contribution in [3.8, 4) is 11.5 Å². The van der Waals surface area contributed by atoms with Gasteiger partial charge in [-0.25, -0.2) is 0 Å². The van der Waals surface area contributed by atoms with Crippen LogP contribution in [0.5, 0.6) is 11.5 Å². The normalized spacial score (nSPS) is 12.6. The second-order valence-electron chi connectivity index (χ2n) is 7.21. The zero-order valence-corrected chi connectivity index (χ0v) is 17.1. The molecule has 2 amide bonds. The number of ether oxygens (including phenoxy) is 2. The van der Waals surface area contributed by atoms with Crippen molar-refractivity contribution in [1.82, 2.24) is 0 Å². The number of para-hydroxylation sites is 1. The van der Waals surface area contributed by atoms with Crippen LogP contribution in [-0.4, -0.2) is 31.6 Å². The van der Waals surface area contributed by atoms with E-state index in [4.69, 9.17) is 9.47 Å². The van der Waals surface area contributed by atoms with Gasteiger partial charge in [0, 0.05) is 12.2 Å². The van der Waals surface area contributed by atoms with Gasteiger partial charge in [0.15, 0.2) is 6.61 Å². The Labute approximate surface area is 181 Å². The molecule has 158 valence electrons. The fourth-order valence-corrected chi connectivity index (χ4v) is 3.41. The van der Waals surface area contributed by atoms with Crippen LogP contribution in [0.3, 0.4) is 0 Å². The number of nitrogens with one attached hydrogen (secondary N) is 1. The molecule has 0 spiro atoms. The summed E-state index contributed by atoms with van der Waals surface area (Å²) in [6.45, 7) is 0.845. The van der Waals surface area contributed by atoms with Gasteiger partial charge in [0.1, 0.15) is 11.5 Å². The summed E-state index contributed by atoms with van der Waals surface area (Å²) in [7, 11) is 0. The number of anilines is 2. The number of rotatable bonds is 8. The zero-order valence-electron chi connectivity index (χ0n) is 17.1. The summed E-state index contributed by atoms with van der Waals surface area (Å²) in [6.07, 6.45) is 0.957. The second kappa shape index (κ2) is 9.80. The lowest BCUT2D eigenvalue weighted by molar-refractivity contribution is -0.121. The van der Waals surface area contributed by atoms with Gasteiger partial charge in [0.2, 0.25) is 5.91 Å². The number of amides is 2. The highest BCUT2D eigenvalue weighted by Crippen LogP contribution is 2.34. The molecule has 0 aliphatic carbocycles. The SMILES string of the molecule is O=C(CCOc1ccccc1)Nc1ccc2c(c1)N(CCc1ccccc1)C(=O)CO2. The molecule has 1 heterocycles. The first-order valence-corrected chi connectivity index (χ1v) is 10.3. The van der Waals surface area contributed by atoms with E-state index >= 15 is 0 Å². The van der Waals surface area contributed by atoms with Crippen LogP contribution in [0.4, 0.5) is 11.4 Å². The second-order valence-corrected chi connectivity index (χ2v) is 7.21. The maximum Gasteiger partial charge on any atom is 0.265 e. The molecule has 0 unspecified atom stereocenters. The summed E-state index contributed by atoms with van der Waals surface area (Å²) in [5.74, 6) is 1.12. The van der Waals surface area contributed by atoms with Gasteiger partial charge in [0.05, 0.1) is 18.7 Å². The Balaban J connectivity index is 1.38. The van der Waals surface area contributed by atoms with E-state index < -0.39 is 0 Å². The van der Waals surface area contributed by atoms with Crippen molar-refractivity contribution in [2.24, 2.45) is 0 Å². The lowest BCUT2D eigenvalue weighted by Crippen LogP contribution is -2.40. The van der Waals surface area contributed by atoms with Gasteiger partial charge < -0.3 is 19.7 Å². The molecular weight excluding hydrogens is 392 g/mol. The fourth-order valence-electron chi connectivity index (χ4n) is 3.41. The summed E-state index contributed by atoms with van der Waals surface area (Å²) in [5.41, 5.74) is 2.45. The van der Waals surface area contributed by atoms with Gasteiger partial charge in [-0.15, -0.1) is 0 Å². The monoisotopic (exact) mass is 416 g/mol. The number of nitrogens with zero attached hydrogens (tertiary/aromatic N) is 1. The molecule has 0 fully saturated rings. The standard InChI is InChI=1S/C25H24N2O4/c28-24(14-16-30-21-9-5-2-6-10-21)26-20-11-12-23-22(17-20)27(25(29)18-31-23)15-13-19-7-3-1-4-8-19/h1-12,17H,13-16,18H2,(H,26,28). The molecule has 0 atom stereocenters. The van der Waals surface area contributed by atoms with E-state index in [0.29, 0.717) is 23.7 Å². The Bertz CT molecular complexity index is 1040. The van der Waals surface area contributed by atoms with Crippen LogP contribution in [0, 0.1) is 0 Å². The lowest BCUT2D eigenvalue weighted by atomic mass is 10.1. The van der Waals surface area contributed by atoms with Crippen molar-refractivity contribution >= 4 is 23.2 Å². The van der Waals surface area contributed by atoms with E-state index in [1.807, 2.05) is 60.7 Å². The summed E-state index contributed by atoms with van der Waals surface area (Å²) in [6, 6.07) is 24.8. The van der Waals surface area contributed by atoms with Gasteiger partial charge in [-0.2, -0.15) is 0 Å². The molecule has 1 aliphatic heterocycles. The molecule has 3 aromatic rings. The number of hydrogen-bond donors (Lipinski definition) is 1. The van der Waals surface area contributed by atoms with E-state index in [9.17, 15) is 9.59 Å². The minimum Gasteiger partial charge on any atom is -0.493 e. The molecule has 3 aromatic carbocycles. The summed E-state index contributed by atoms with van der Waals surface area (Å²) >= 11 is 0. The molecule has 0 bridgehead atoms. The molecule has 6 nitrogen and oxygen atoms in total. The Morgan fingerprint density at radius 3 is 2.52 bits per heavy atom. The van der Waals surface area contributed by atoms with Crippen molar-refractivity contribution in [2.45, 2.75) is 12.8 Å². The Morgan fingerprint density at radius 1 is 1.00 bits per heavy atom. The number of hydrogen-bond acceptors (Lipinski definition) is 4. The van der Waals surface area contributed by atoms with E-state index in [0.717, 1.165) is 17.7 Å². The molecule has 1 aliphatic rings. The van der Waals surface area contributed by atoms with Gasteiger partial charge >= 0.3 is 0 Å². The first kappa shape index (κ1) is 20.5. The van der Waals surface area contributed by atoms with Crippen LogP contribution in [0.25, 0.3) is 0 Å². The first-order chi connectivity index (χ1) is 15.2. The van der Waals surface area contributed by atoms with Crippen LogP contribution in [0.1, 0.15) is 12.0 Å². The van der Waals surface area contributed by atoms with E-state index in [1.54, 1.807) is 23.1 Å². The number of benzene rings is 3. The molecule has 0 saturated heterocycles. The van der Waals surface area contributed by atoms with Gasteiger partial charge in [-0.3, -0.25) is 9.59 Å². The first-order valence-electron chi connectivity index (χ1n) is 10.3. The largest absolute Gasteiger partial charge is 0.493 e. The Hall–Kier alpha value is -3.80. The lowest BCUT2D eigenvalue weighted by Gasteiger charge is -2.30. The minimum atomic E-state index is -0.158. The van der Waals surface area contributed by atoms with Crippen LogP contribution < -0.4 is 19.7 Å².